The standard InChI is InChI=1S/C4H5NO3/c6-3-1-2(5-3)4(7)8/h2H,1H2,(H,5,6)(H,7,8)/p-1/t2-/m1/s1. The van der Waals surface area contributed by atoms with Gasteiger partial charge in [-0.1, -0.05) is 0 Å². The van der Waals surface area contributed by atoms with Crippen LogP contribution in [0.2, 0.25) is 0 Å². The van der Waals surface area contributed by atoms with Crippen molar-refractivity contribution < 1.29 is 14.7 Å². The minimum atomic E-state index is -1.20. The van der Waals surface area contributed by atoms with E-state index in [2.05, 4.69) is 5.32 Å². The van der Waals surface area contributed by atoms with E-state index in [0.29, 0.717) is 0 Å². The summed E-state index contributed by atoms with van der Waals surface area (Å²) >= 11 is 0. The third kappa shape index (κ3) is 0.641. The lowest BCUT2D eigenvalue weighted by Crippen LogP contribution is -2.57. The van der Waals surface area contributed by atoms with Crippen LogP contribution in [0.5, 0.6) is 0 Å². The van der Waals surface area contributed by atoms with Crippen LogP contribution < -0.4 is 10.4 Å². The second-order valence-electron chi connectivity index (χ2n) is 1.64. The number of nitrogens with one attached hydrogen (secondary N) is 1. The van der Waals surface area contributed by atoms with Crippen molar-refractivity contribution in [1.82, 2.24) is 5.32 Å². The van der Waals surface area contributed by atoms with E-state index in [-0.39, 0.29) is 12.3 Å². The van der Waals surface area contributed by atoms with Crippen molar-refractivity contribution in [2.75, 3.05) is 0 Å². The van der Waals surface area contributed by atoms with Gasteiger partial charge in [-0.15, -0.1) is 0 Å². The molecule has 0 saturated carbocycles. The Bertz CT molecular complexity index is 134. The van der Waals surface area contributed by atoms with Crippen molar-refractivity contribution in [3.63, 3.8) is 0 Å². The molecule has 0 spiro atoms. The van der Waals surface area contributed by atoms with Crippen LogP contribution in [0.15, 0.2) is 0 Å². The highest BCUT2D eigenvalue weighted by molar-refractivity contribution is 5.93. The van der Waals surface area contributed by atoms with Crippen molar-refractivity contribution in [2.45, 2.75) is 12.5 Å². The number of carbonyl (C=O) groups excluding carboxylic acids is 2. The van der Waals surface area contributed by atoms with E-state index >= 15 is 0 Å². The Kier molecular flexibility index (Phi) is 0.932. The molecule has 1 N–H and O–H groups in total. The Hall–Kier alpha value is -1.06. The third-order valence-corrected chi connectivity index (χ3v) is 1.01. The molecule has 1 fully saturated rings. The molecule has 1 rings (SSSR count). The molecule has 4 heteroatoms. The van der Waals surface area contributed by atoms with Crippen LogP contribution in [-0.4, -0.2) is 17.9 Å². The number of carboxylic acids is 1. The van der Waals surface area contributed by atoms with Crippen molar-refractivity contribution in [3.8, 4) is 0 Å². The number of aliphatic carboxylic acids is 1. The summed E-state index contributed by atoms with van der Waals surface area (Å²) in [5, 5.41) is 11.9. The van der Waals surface area contributed by atoms with Crippen LogP contribution in [0, 0.1) is 0 Å². The highest BCUT2D eigenvalue weighted by Crippen LogP contribution is 2.00. The lowest BCUT2D eigenvalue weighted by molar-refractivity contribution is -0.309. The maximum absolute atomic E-state index is 10.0. The summed E-state index contributed by atoms with van der Waals surface area (Å²) in [6, 6.07) is -0.734. The van der Waals surface area contributed by atoms with Gasteiger partial charge in [0.25, 0.3) is 0 Å². The van der Waals surface area contributed by atoms with Crippen LogP contribution in [0.25, 0.3) is 0 Å². The fraction of sp³-hybridized carbons (Fsp3) is 0.500. The number of hydrogen-bond donors (Lipinski definition) is 1. The highest BCUT2D eigenvalue weighted by atomic mass is 16.4. The predicted molar refractivity (Wildman–Crippen MR) is 21.6 cm³/mol. The number of amides is 1. The summed E-state index contributed by atoms with van der Waals surface area (Å²) < 4.78 is 0. The first kappa shape index (κ1) is 5.08. The van der Waals surface area contributed by atoms with E-state index in [1.807, 2.05) is 0 Å². The van der Waals surface area contributed by atoms with E-state index in [1.54, 1.807) is 0 Å². The summed E-state index contributed by atoms with van der Waals surface area (Å²) in [7, 11) is 0. The molecule has 4 nitrogen and oxygen atoms in total. The second kappa shape index (κ2) is 1.47. The first-order valence-electron chi connectivity index (χ1n) is 2.20. The largest absolute Gasteiger partial charge is 0.548 e. The van der Waals surface area contributed by atoms with Crippen molar-refractivity contribution in [1.29, 1.82) is 0 Å². The average molecular weight is 114 g/mol. The summed E-state index contributed by atoms with van der Waals surface area (Å²) in [5.41, 5.74) is 0. The Morgan fingerprint density at radius 3 is 2.50 bits per heavy atom. The van der Waals surface area contributed by atoms with Crippen molar-refractivity contribution in [2.24, 2.45) is 0 Å². The SMILES string of the molecule is O=C1C[C@H](C(=O)[O-])N1. The smallest absolute Gasteiger partial charge is 0.222 e. The lowest BCUT2D eigenvalue weighted by Gasteiger charge is -2.27. The van der Waals surface area contributed by atoms with Crippen LogP contribution >= 0.6 is 0 Å². The molecule has 1 heterocycles. The first-order chi connectivity index (χ1) is 3.70. The second-order valence-corrected chi connectivity index (χ2v) is 1.64. The summed E-state index contributed by atoms with van der Waals surface area (Å²) in [4.78, 5) is 19.8. The van der Waals surface area contributed by atoms with Gasteiger partial charge in [0.15, 0.2) is 0 Å². The van der Waals surface area contributed by atoms with E-state index < -0.39 is 12.0 Å². The Balaban J connectivity index is 2.35. The molecule has 1 amide bonds. The Labute approximate surface area is 45.5 Å². The van der Waals surface area contributed by atoms with Gasteiger partial charge < -0.3 is 15.2 Å². The topological polar surface area (TPSA) is 69.2 Å². The van der Waals surface area contributed by atoms with E-state index in [9.17, 15) is 14.7 Å². The summed E-state index contributed by atoms with van der Waals surface area (Å²) in [5.74, 6) is -1.43. The van der Waals surface area contributed by atoms with Gasteiger partial charge in [0.1, 0.15) is 0 Å². The summed E-state index contributed by atoms with van der Waals surface area (Å²) in [6.45, 7) is 0. The molecule has 0 radical (unpaired) electrons. The fourth-order valence-corrected chi connectivity index (χ4v) is 0.501. The van der Waals surface area contributed by atoms with Gasteiger partial charge in [-0.05, 0) is 0 Å². The molecule has 1 aliphatic heterocycles. The number of carboxylic acid groups (broad SMARTS) is 1. The quantitative estimate of drug-likeness (QED) is 0.387. The van der Waals surface area contributed by atoms with Crippen LogP contribution in [-0.2, 0) is 9.59 Å². The zero-order valence-electron chi connectivity index (χ0n) is 4.01. The van der Waals surface area contributed by atoms with Gasteiger partial charge in [0.2, 0.25) is 5.91 Å². The zero-order valence-corrected chi connectivity index (χ0v) is 4.01. The van der Waals surface area contributed by atoms with Gasteiger partial charge in [0, 0.05) is 0 Å². The molecular formula is C4H4NO3-. The minimum absolute atomic E-state index is 0.0718. The van der Waals surface area contributed by atoms with Gasteiger partial charge in [-0.2, -0.15) is 0 Å². The van der Waals surface area contributed by atoms with Crippen LogP contribution in [0.1, 0.15) is 6.42 Å². The third-order valence-electron chi connectivity index (χ3n) is 1.01. The van der Waals surface area contributed by atoms with Crippen molar-refractivity contribution >= 4 is 11.9 Å². The van der Waals surface area contributed by atoms with Gasteiger partial charge in [-0.3, -0.25) is 4.79 Å². The molecule has 1 aliphatic rings. The Morgan fingerprint density at radius 2 is 2.38 bits per heavy atom. The van der Waals surface area contributed by atoms with E-state index in [0.717, 1.165) is 0 Å². The normalized spacial score (nSPS) is 26.0. The lowest BCUT2D eigenvalue weighted by atomic mass is 10.1. The first-order valence-corrected chi connectivity index (χ1v) is 2.20. The monoisotopic (exact) mass is 114 g/mol. The average Bonchev–Trinajstić information content (AvgIpc) is 1.57. The molecular weight excluding hydrogens is 110 g/mol. The van der Waals surface area contributed by atoms with Crippen LogP contribution in [0.3, 0.4) is 0 Å². The molecule has 0 unspecified atom stereocenters. The van der Waals surface area contributed by atoms with Gasteiger partial charge in [-0.25, -0.2) is 0 Å². The number of hydrogen-bond acceptors (Lipinski definition) is 3. The Morgan fingerprint density at radius 1 is 1.88 bits per heavy atom. The molecule has 0 aromatic rings. The molecule has 1 atom stereocenters. The summed E-state index contributed by atoms with van der Waals surface area (Å²) in [6.07, 6.45) is 0.0718. The number of β-lactam (4-membered cyclic amide) rings is 1. The minimum Gasteiger partial charge on any atom is -0.548 e. The fourth-order valence-electron chi connectivity index (χ4n) is 0.501. The maximum atomic E-state index is 10.0. The number of carbonyl (C=O) groups is 2. The maximum Gasteiger partial charge on any atom is 0.222 e. The molecule has 0 aromatic carbocycles. The predicted octanol–water partition coefficient (Wildman–Crippen LogP) is -2.38. The molecule has 8 heavy (non-hydrogen) atoms. The van der Waals surface area contributed by atoms with E-state index in [4.69, 9.17) is 0 Å². The molecule has 0 aliphatic carbocycles. The van der Waals surface area contributed by atoms with Gasteiger partial charge >= 0.3 is 0 Å². The molecule has 1 saturated heterocycles. The van der Waals surface area contributed by atoms with Crippen LogP contribution in [0.4, 0.5) is 0 Å². The van der Waals surface area contributed by atoms with Crippen molar-refractivity contribution in [3.05, 3.63) is 0 Å². The van der Waals surface area contributed by atoms with E-state index in [1.165, 1.54) is 0 Å². The van der Waals surface area contributed by atoms with Gasteiger partial charge in [0.05, 0.1) is 18.4 Å². The highest BCUT2D eigenvalue weighted by Gasteiger charge is 2.25. The molecule has 44 valence electrons. The number of rotatable bonds is 1. The zero-order chi connectivity index (χ0) is 6.15. The molecule has 0 aromatic heterocycles. The molecule has 0 bridgehead atoms.